The van der Waals surface area contributed by atoms with Crippen LogP contribution < -0.4 is 10.6 Å². The van der Waals surface area contributed by atoms with E-state index in [4.69, 9.17) is 0 Å². The second kappa shape index (κ2) is 8.09. The third-order valence-corrected chi connectivity index (χ3v) is 5.79. The highest BCUT2D eigenvalue weighted by Crippen LogP contribution is 2.35. The van der Waals surface area contributed by atoms with Crippen molar-refractivity contribution in [3.8, 4) is 0 Å². The monoisotopic (exact) mass is 430 g/mol. The number of piperidine rings is 1. The summed E-state index contributed by atoms with van der Waals surface area (Å²) in [7, 11) is 0. The molecule has 1 saturated heterocycles. The van der Waals surface area contributed by atoms with Gasteiger partial charge >= 0.3 is 6.18 Å². The molecule has 5 nitrogen and oxygen atoms in total. The zero-order chi connectivity index (χ0) is 22.2. The Bertz CT molecular complexity index is 1110. The molecule has 3 N–H and O–H groups in total. The number of benzene rings is 2. The van der Waals surface area contributed by atoms with Gasteiger partial charge in [-0.3, -0.25) is 0 Å². The summed E-state index contributed by atoms with van der Waals surface area (Å²) in [5.41, 5.74) is 1.40. The molecule has 0 saturated carbocycles. The van der Waals surface area contributed by atoms with Gasteiger partial charge < -0.3 is 15.7 Å². The number of anilines is 1. The molecule has 1 aliphatic rings. The Morgan fingerprint density at radius 2 is 1.84 bits per heavy atom. The quantitative estimate of drug-likeness (QED) is 0.571. The van der Waals surface area contributed by atoms with E-state index in [0.717, 1.165) is 47.3 Å². The number of nitrogens with zero attached hydrogens (tertiary/aromatic N) is 2. The van der Waals surface area contributed by atoms with E-state index in [9.17, 15) is 18.3 Å². The van der Waals surface area contributed by atoms with Crippen molar-refractivity contribution in [3.63, 3.8) is 0 Å². The van der Waals surface area contributed by atoms with Crippen LogP contribution in [0.5, 0.6) is 0 Å². The number of rotatable bonds is 4. The number of aromatic nitrogens is 2. The van der Waals surface area contributed by atoms with E-state index >= 15 is 0 Å². The lowest BCUT2D eigenvalue weighted by molar-refractivity contribution is -0.137. The molecule has 3 aromatic rings. The van der Waals surface area contributed by atoms with Gasteiger partial charge in [0.15, 0.2) is 0 Å². The first-order valence-corrected chi connectivity index (χ1v) is 10.3. The number of hydrogen-bond donors (Lipinski definition) is 3. The fourth-order valence-electron chi connectivity index (χ4n) is 4.09. The molecule has 8 heteroatoms. The maximum atomic E-state index is 13.0. The molecule has 0 aliphatic carbocycles. The van der Waals surface area contributed by atoms with Crippen LogP contribution in [0.1, 0.15) is 40.9 Å². The summed E-state index contributed by atoms with van der Waals surface area (Å²) in [6, 6.07) is 9.12. The summed E-state index contributed by atoms with van der Waals surface area (Å²) in [4.78, 5) is 9.05. The highest BCUT2D eigenvalue weighted by molar-refractivity contribution is 5.92. The van der Waals surface area contributed by atoms with Gasteiger partial charge in [-0.05, 0) is 74.7 Å². The summed E-state index contributed by atoms with van der Waals surface area (Å²) in [5.74, 6) is 1.11. The van der Waals surface area contributed by atoms with Crippen molar-refractivity contribution >= 4 is 16.7 Å². The van der Waals surface area contributed by atoms with E-state index in [1.54, 1.807) is 13.0 Å². The number of aliphatic hydroxyl groups is 1. The van der Waals surface area contributed by atoms with Crippen LogP contribution >= 0.6 is 0 Å². The largest absolute Gasteiger partial charge is 0.416 e. The molecule has 4 rings (SSSR count). The molecular formula is C23H25F3N4O. The number of hydrogen-bond acceptors (Lipinski definition) is 5. The molecule has 1 aromatic heterocycles. The first kappa shape index (κ1) is 21.5. The van der Waals surface area contributed by atoms with Crippen LogP contribution in [0.4, 0.5) is 19.0 Å². The highest BCUT2D eigenvalue weighted by Gasteiger charge is 2.32. The minimum atomic E-state index is -4.38. The van der Waals surface area contributed by atoms with Crippen LogP contribution in [0.25, 0.3) is 10.9 Å². The molecule has 31 heavy (non-hydrogen) atoms. The van der Waals surface area contributed by atoms with Crippen molar-refractivity contribution in [2.75, 3.05) is 18.4 Å². The summed E-state index contributed by atoms with van der Waals surface area (Å²) < 4.78 is 39.1. The third kappa shape index (κ3) is 4.50. The van der Waals surface area contributed by atoms with Crippen molar-refractivity contribution < 1.29 is 18.3 Å². The maximum absolute atomic E-state index is 13.0. The highest BCUT2D eigenvalue weighted by atomic mass is 19.4. The molecule has 1 aliphatic heterocycles. The number of halogens is 3. The standard InChI is InChI=1S/C23H25F3N4O/c1-14-10-18(22(31)6-8-27-9-7-22)12-19-20(14)29-15(2)30-21(19)28-13-16-4-3-5-17(11-16)23(24,25)26/h3-5,10-12,27,31H,6-9,13H2,1-2H3,(H,28,29,30). The number of nitrogens with one attached hydrogen (secondary N) is 2. The van der Waals surface area contributed by atoms with Crippen molar-refractivity contribution in [2.45, 2.75) is 45.0 Å². The Balaban J connectivity index is 1.70. The summed E-state index contributed by atoms with van der Waals surface area (Å²) in [6.45, 7) is 5.38. The summed E-state index contributed by atoms with van der Waals surface area (Å²) in [6.07, 6.45) is -3.17. The minimum absolute atomic E-state index is 0.187. The normalized spacial score (nSPS) is 16.5. The average molecular weight is 430 g/mol. The lowest BCUT2D eigenvalue weighted by Crippen LogP contribution is -2.39. The molecular weight excluding hydrogens is 405 g/mol. The summed E-state index contributed by atoms with van der Waals surface area (Å²) >= 11 is 0. The summed E-state index contributed by atoms with van der Waals surface area (Å²) in [5, 5.41) is 18.4. The molecule has 164 valence electrons. The minimum Gasteiger partial charge on any atom is -0.385 e. The zero-order valence-electron chi connectivity index (χ0n) is 17.5. The van der Waals surface area contributed by atoms with Crippen LogP contribution in [0.3, 0.4) is 0 Å². The van der Waals surface area contributed by atoms with Gasteiger partial charge in [0.2, 0.25) is 0 Å². The van der Waals surface area contributed by atoms with Gasteiger partial charge in [-0.2, -0.15) is 13.2 Å². The van der Waals surface area contributed by atoms with Crippen LogP contribution in [-0.2, 0) is 18.3 Å². The predicted octanol–water partition coefficient (Wildman–Crippen LogP) is 4.45. The van der Waals surface area contributed by atoms with Crippen LogP contribution in [0, 0.1) is 13.8 Å². The Labute approximate surface area is 178 Å². The molecule has 0 unspecified atom stereocenters. The predicted molar refractivity (Wildman–Crippen MR) is 114 cm³/mol. The second-order valence-corrected chi connectivity index (χ2v) is 8.14. The van der Waals surface area contributed by atoms with E-state index in [2.05, 4.69) is 20.6 Å². The van der Waals surface area contributed by atoms with Crippen LogP contribution in [0.2, 0.25) is 0 Å². The van der Waals surface area contributed by atoms with Gasteiger partial charge in [-0.1, -0.05) is 18.2 Å². The third-order valence-electron chi connectivity index (χ3n) is 5.79. The number of aryl methyl sites for hydroxylation is 2. The second-order valence-electron chi connectivity index (χ2n) is 8.14. The van der Waals surface area contributed by atoms with Gasteiger partial charge in [0.05, 0.1) is 16.7 Å². The Hall–Kier alpha value is -2.71. The Morgan fingerprint density at radius 3 is 2.55 bits per heavy atom. The molecule has 0 radical (unpaired) electrons. The molecule has 0 bridgehead atoms. The number of alkyl halides is 3. The van der Waals surface area contributed by atoms with Crippen molar-refractivity contribution in [2.24, 2.45) is 0 Å². The van der Waals surface area contributed by atoms with Crippen molar-refractivity contribution in [3.05, 3.63) is 64.5 Å². The SMILES string of the molecule is Cc1nc(NCc2cccc(C(F)(F)F)c2)c2cc(C3(O)CCNCC3)cc(C)c2n1. The van der Waals surface area contributed by atoms with Crippen LogP contribution in [0.15, 0.2) is 36.4 Å². The smallest absolute Gasteiger partial charge is 0.385 e. The van der Waals surface area contributed by atoms with Crippen LogP contribution in [-0.4, -0.2) is 28.2 Å². The topological polar surface area (TPSA) is 70.1 Å². The Kier molecular flexibility index (Phi) is 5.61. The van der Waals surface area contributed by atoms with Gasteiger partial charge in [-0.15, -0.1) is 0 Å². The van der Waals surface area contributed by atoms with Crippen molar-refractivity contribution in [1.29, 1.82) is 0 Å². The lowest BCUT2D eigenvalue weighted by Gasteiger charge is -2.33. The van der Waals surface area contributed by atoms with Crippen molar-refractivity contribution in [1.82, 2.24) is 15.3 Å². The van der Waals surface area contributed by atoms with E-state index in [-0.39, 0.29) is 6.54 Å². The lowest BCUT2D eigenvalue weighted by atomic mass is 9.83. The first-order valence-electron chi connectivity index (χ1n) is 10.3. The van der Waals surface area contributed by atoms with Gasteiger partial charge in [0, 0.05) is 11.9 Å². The van der Waals surface area contributed by atoms with Gasteiger partial charge in [-0.25, -0.2) is 9.97 Å². The molecule has 0 atom stereocenters. The molecule has 0 amide bonds. The molecule has 2 aromatic carbocycles. The Morgan fingerprint density at radius 1 is 1.10 bits per heavy atom. The zero-order valence-corrected chi connectivity index (χ0v) is 17.5. The average Bonchev–Trinajstić information content (AvgIpc) is 2.72. The first-order chi connectivity index (χ1) is 14.7. The fraction of sp³-hybridized carbons (Fsp3) is 0.391. The van der Waals surface area contributed by atoms with E-state index < -0.39 is 17.3 Å². The number of fused-ring (bicyclic) bond motifs is 1. The molecule has 0 spiro atoms. The fourth-order valence-corrected chi connectivity index (χ4v) is 4.09. The van der Waals surface area contributed by atoms with Gasteiger partial charge in [0.25, 0.3) is 0 Å². The van der Waals surface area contributed by atoms with Gasteiger partial charge in [0.1, 0.15) is 11.6 Å². The molecule has 2 heterocycles. The van der Waals surface area contributed by atoms with E-state index in [1.807, 2.05) is 19.1 Å². The van der Waals surface area contributed by atoms with E-state index in [1.165, 1.54) is 6.07 Å². The molecule has 1 fully saturated rings. The van der Waals surface area contributed by atoms with E-state index in [0.29, 0.717) is 30.0 Å². The maximum Gasteiger partial charge on any atom is 0.416 e.